The van der Waals surface area contributed by atoms with Crippen molar-refractivity contribution in [1.29, 1.82) is 0 Å². The van der Waals surface area contributed by atoms with Gasteiger partial charge in [0.1, 0.15) is 12.7 Å². The van der Waals surface area contributed by atoms with Crippen LogP contribution in [0.25, 0.3) is 0 Å². The number of hydrogen-bond acceptors (Lipinski definition) is 4. The summed E-state index contributed by atoms with van der Waals surface area (Å²) in [6.45, 7) is 4.93. The number of aliphatic hydroxyl groups is 1. The molecule has 2 unspecified atom stereocenters. The Hall–Kier alpha value is -2.70. The zero-order valence-corrected chi connectivity index (χ0v) is 19.0. The van der Waals surface area contributed by atoms with Crippen molar-refractivity contribution in [2.24, 2.45) is 5.92 Å². The maximum atomic E-state index is 12.5. The molecule has 0 bridgehead atoms. The van der Waals surface area contributed by atoms with Crippen LogP contribution in [0.4, 0.5) is 5.69 Å². The maximum Gasteiger partial charge on any atom is 0.248 e. The highest BCUT2D eigenvalue weighted by Gasteiger charge is 2.34. The van der Waals surface area contributed by atoms with Gasteiger partial charge in [-0.15, -0.1) is 0 Å². The summed E-state index contributed by atoms with van der Waals surface area (Å²) in [4.78, 5) is 26.6. The fourth-order valence-electron chi connectivity index (χ4n) is 4.16. The van der Waals surface area contributed by atoms with Crippen molar-refractivity contribution in [3.05, 3.63) is 65.7 Å². The van der Waals surface area contributed by atoms with E-state index in [0.29, 0.717) is 24.4 Å². The Bertz CT molecular complexity index is 865. The molecule has 2 aromatic carbocycles. The van der Waals surface area contributed by atoms with Crippen molar-refractivity contribution in [2.45, 2.75) is 51.7 Å². The Morgan fingerprint density at radius 2 is 1.81 bits per heavy atom. The summed E-state index contributed by atoms with van der Waals surface area (Å²) >= 11 is 0. The van der Waals surface area contributed by atoms with Gasteiger partial charge in [-0.1, -0.05) is 56.3 Å². The van der Waals surface area contributed by atoms with E-state index in [4.69, 9.17) is 4.74 Å². The van der Waals surface area contributed by atoms with Crippen LogP contribution in [-0.2, 0) is 20.7 Å². The van der Waals surface area contributed by atoms with Gasteiger partial charge in [0.2, 0.25) is 11.8 Å². The summed E-state index contributed by atoms with van der Waals surface area (Å²) in [5.41, 5.74) is 2.63. The van der Waals surface area contributed by atoms with Crippen LogP contribution in [0.2, 0.25) is 0 Å². The van der Waals surface area contributed by atoms with Crippen molar-refractivity contribution in [1.82, 2.24) is 4.90 Å². The summed E-state index contributed by atoms with van der Waals surface area (Å²) in [5, 5.41) is 14.0. The molecule has 1 saturated heterocycles. The van der Waals surface area contributed by atoms with Crippen molar-refractivity contribution >= 4 is 17.5 Å². The van der Waals surface area contributed by atoms with Crippen molar-refractivity contribution in [2.75, 3.05) is 25.1 Å². The number of anilines is 1. The lowest BCUT2D eigenvalue weighted by Crippen LogP contribution is -2.52. The molecule has 2 amide bonds. The predicted molar refractivity (Wildman–Crippen MR) is 125 cm³/mol. The average molecular weight is 439 g/mol. The number of benzene rings is 2. The minimum atomic E-state index is -0.861. The van der Waals surface area contributed by atoms with Gasteiger partial charge in [-0.05, 0) is 48.9 Å². The van der Waals surface area contributed by atoms with Gasteiger partial charge in [-0.25, -0.2) is 0 Å². The molecule has 6 heteroatoms. The summed E-state index contributed by atoms with van der Waals surface area (Å²) < 4.78 is 5.45. The molecule has 2 atom stereocenters. The Kier molecular flexibility index (Phi) is 8.82. The van der Waals surface area contributed by atoms with Crippen LogP contribution in [0.15, 0.2) is 54.6 Å². The number of carbonyl (C=O) groups is 2. The third-order valence-electron chi connectivity index (χ3n) is 6.18. The standard InChI is InChI=1S/C26H34N2O4/c1-3-20(4-2)26(31)27-22-14-12-21(13-15-22)25(30)23-17-32-18-24(29)28(23)16-8-11-19-9-6-5-7-10-19/h5-7,9-10,12-15,20,23,25,30H,3-4,8,11,16-18H2,1-2H3,(H,27,31). The fraction of sp³-hybridized carbons (Fsp3) is 0.462. The van der Waals surface area contributed by atoms with Crippen LogP contribution in [0.5, 0.6) is 0 Å². The van der Waals surface area contributed by atoms with E-state index in [1.165, 1.54) is 5.56 Å². The molecule has 0 aliphatic carbocycles. The van der Waals surface area contributed by atoms with E-state index < -0.39 is 12.1 Å². The lowest BCUT2D eigenvalue weighted by Gasteiger charge is -2.38. The number of rotatable bonds is 10. The molecule has 1 aliphatic heterocycles. The number of amides is 2. The quantitative estimate of drug-likeness (QED) is 0.589. The van der Waals surface area contributed by atoms with Crippen LogP contribution < -0.4 is 5.32 Å². The number of hydrogen-bond donors (Lipinski definition) is 2. The zero-order chi connectivity index (χ0) is 22.9. The van der Waals surface area contributed by atoms with Crippen LogP contribution in [0.1, 0.15) is 50.3 Å². The molecule has 172 valence electrons. The Morgan fingerprint density at radius 1 is 1.12 bits per heavy atom. The zero-order valence-electron chi connectivity index (χ0n) is 19.0. The lowest BCUT2D eigenvalue weighted by molar-refractivity contribution is -0.154. The number of nitrogens with one attached hydrogen (secondary N) is 1. The second kappa shape index (κ2) is 11.8. The number of nitrogens with zero attached hydrogens (tertiary/aromatic N) is 1. The van der Waals surface area contributed by atoms with Gasteiger partial charge in [0, 0.05) is 18.2 Å². The molecule has 2 aromatic rings. The third kappa shape index (κ3) is 6.17. The van der Waals surface area contributed by atoms with Gasteiger partial charge in [-0.2, -0.15) is 0 Å². The Morgan fingerprint density at radius 3 is 2.47 bits per heavy atom. The summed E-state index contributed by atoms with van der Waals surface area (Å²) in [5.74, 6) is -0.0864. The second-order valence-electron chi connectivity index (χ2n) is 8.33. The normalized spacial score (nSPS) is 17.4. The van der Waals surface area contributed by atoms with Gasteiger partial charge in [0.25, 0.3) is 0 Å². The monoisotopic (exact) mass is 438 g/mol. The first-order chi connectivity index (χ1) is 15.5. The van der Waals surface area contributed by atoms with Gasteiger partial charge in [-0.3, -0.25) is 9.59 Å². The van der Waals surface area contributed by atoms with E-state index in [1.54, 1.807) is 29.2 Å². The van der Waals surface area contributed by atoms with Gasteiger partial charge < -0.3 is 20.1 Å². The minimum absolute atomic E-state index is 0.00453. The highest BCUT2D eigenvalue weighted by atomic mass is 16.5. The molecule has 6 nitrogen and oxygen atoms in total. The van der Waals surface area contributed by atoms with Crippen molar-refractivity contribution in [3.8, 4) is 0 Å². The first kappa shape index (κ1) is 24.0. The molecule has 0 saturated carbocycles. The van der Waals surface area contributed by atoms with E-state index in [2.05, 4.69) is 17.4 Å². The number of ether oxygens (including phenoxy) is 1. The van der Waals surface area contributed by atoms with Gasteiger partial charge in [0.15, 0.2) is 0 Å². The molecule has 0 radical (unpaired) electrons. The van der Waals surface area contributed by atoms with Crippen LogP contribution in [0.3, 0.4) is 0 Å². The molecule has 1 fully saturated rings. The molecule has 2 N–H and O–H groups in total. The fourth-order valence-corrected chi connectivity index (χ4v) is 4.16. The predicted octanol–water partition coefficient (Wildman–Crippen LogP) is 3.95. The Balaban J connectivity index is 1.62. The SMILES string of the molecule is CCC(CC)C(=O)Nc1ccc(C(O)C2COCC(=O)N2CCCc2ccccc2)cc1. The van der Waals surface area contributed by atoms with Crippen molar-refractivity contribution < 1.29 is 19.4 Å². The minimum Gasteiger partial charge on any atom is -0.386 e. The third-order valence-corrected chi connectivity index (χ3v) is 6.18. The highest BCUT2D eigenvalue weighted by molar-refractivity contribution is 5.92. The maximum absolute atomic E-state index is 12.5. The highest BCUT2D eigenvalue weighted by Crippen LogP contribution is 2.26. The molecular weight excluding hydrogens is 404 g/mol. The first-order valence-corrected chi connectivity index (χ1v) is 11.5. The number of aliphatic hydroxyl groups excluding tert-OH is 1. The first-order valence-electron chi connectivity index (χ1n) is 11.5. The smallest absolute Gasteiger partial charge is 0.248 e. The van der Waals surface area contributed by atoms with Crippen LogP contribution in [-0.4, -0.2) is 47.6 Å². The summed E-state index contributed by atoms with van der Waals surface area (Å²) in [6, 6.07) is 16.9. The van der Waals surface area contributed by atoms with Crippen LogP contribution in [0, 0.1) is 5.92 Å². The number of carbonyl (C=O) groups excluding carboxylic acids is 2. The van der Waals surface area contributed by atoms with Crippen LogP contribution >= 0.6 is 0 Å². The van der Waals surface area contributed by atoms with E-state index in [1.807, 2.05) is 32.0 Å². The molecule has 3 rings (SSSR count). The molecule has 0 aromatic heterocycles. The molecule has 0 spiro atoms. The number of morpholine rings is 1. The second-order valence-corrected chi connectivity index (χ2v) is 8.33. The molecular formula is C26H34N2O4. The lowest BCUT2D eigenvalue weighted by atomic mass is 9.99. The number of aryl methyl sites for hydroxylation is 1. The average Bonchev–Trinajstić information content (AvgIpc) is 2.81. The van der Waals surface area contributed by atoms with Gasteiger partial charge >= 0.3 is 0 Å². The largest absolute Gasteiger partial charge is 0.386 e. The molecule has 32 heavy (non-hydrogen) atoms. The Labute approximate surface area is 190 Å². The molecule has 1 heterocycles. The van der Waals surface area contributed by atoms with E-state index in [-0.39, 0.29) is 24.3 Å². The van der Waals surface area contributed by atoms with E-state index in [0.717, 1.165) is 25.7 Å². The summed E-state index contributed by atoms with van der Waals surface area (Å²) in [7, 11) is 0. The van der Waals surface area contributed by atoms with Crippen molar-refractivity contribution in [3.63, 3.8) is 0 Å². The molecule has 1 aliphatic rings. The topological polar surface area (TPSA) is 78.9 Å². The summed E-state index contributed by atoms with van der Waals surface area (Å²) in [6.07, 6.45) is 2.43. The van der Waals surface area contributed by atoms with E-state index >= 15 is 0 Å². The van der Waals surface area contributed by atoms with E-state index in [9.17, 15) is 14.7 Å². The van der Waals surface area contributed by atoms with Gasteiger partial charge in [0.05, 0.1) is 12.6 Å².